The van der Waals surface area contributed by atoms with Gasteiger partial charge in [-0.05, 0) is 24.6 Å². The topological polar surface area (TPSA) is 12.0 Å². The summed E-state index contributed by atoms with van der Waals surface area (Å²) in [5.41, 5.74) is 0.742. The fraction of sp³-hybridized carbons (Fsp3) is 0.400. The van der Waals surface area contributed by atoms with Crippen molar-refractivity contribution in [3.8, 4) is 0 Å². The van der Waals surface area contributed by atoms with Crippen molar-refractivity contribution in [2.45, 2.75) is 19.1 Å². The Bertz CT molecular complexity index is 325. The van der Waals surface area contributed by atoms with Gasteiger partial charge < -0.3 is 5.32 Å². The zero-order valence-corrected chi connectivity index (χ0v) is 8.86. The highest BCUT2D eigenvalue weighted by molar-refractivity contribution is 6.30. The number of halogens is 4. The Hall–Kier alpha value is -0.740. The Balaban J connectivity index is 2.58. The molecule has 1 aromatic rings. The molecule has 0 saturated carbocycles. The number of benzene rings is 1. The van der Waals surface area contributed by atoms with Gasteiger partial charge in [-0.2, -0.15) is 13.2 Å². The zero-order valence-electron chi connectivity index (χ0n) is 8.11. The van der Waals surface area contributed by atoms with Gasteiger partial charge in [-0.1, -0.05) is 23.7 Å². The van der Waals surface area contributed by atoms with E-state index >= 15 is 0 Å². The van der Waals surface area contributed by atoms with Crippen molar-refractivity contribution in [1.29, 1.82) is 0 Å². The molecule has 0 aliphatic carbocycles. The van der Waals surface area contributed by atoms with Gasteiger partial charge in [-0.25, -0.2) is 0 Å². The van der Waals surface area contributed by atoms with E-state index in [0.29, 0.717) is 5.02 Å². The van der Waals surface area contributed by atoms with Gasteiger partial charge in [-0.15, -0.1) is 0 Å². The number of alkyl halides is 3. The number of rotatable bonds is 3. The lowest BCUT2D eigenvalue weighted by molar-refractivity contribution is -0.126. The van der Waals surface area contributed by atoms with Gasteiger partial charge in [0.05, 0.1) is 6.54 Å². The summed E-state index contributed by atoms with van der Waals surface area (Å²) in [4.78, 5) is 0. The van der Waals surface area contributed by atoms with Crippen LogP contribution in [0.4, 0.5) is 13.2 Å². The number of nitrogens with one attached hydrogen (secondary N) is 1. The molecule has 0 saturated heterocycles. The molecule has 0 heterocycles. The molecule has 15 heavy (non-hydrogen) atoms. The summed E-state index contributed by atoms with van der Waals surface area (Å²) >= 11 is 5.73. The first kappa shape index (κ1) is 12.3. The summed E-state index contributed by atoms with van der Waals surface area (Å²) in [5, 5.41) is 2.90. The van der Waals surface area contributed by atoms with Gasteiger partial charge in [0.15, 0.2) is 0 Å². The average molecular weight is 238 g/mol. The standard InChI is InChI=1S/C10H11ClF3N/c1-7(15-6-10(12,13)14)8-3-2-4-9(11)5-8/h2-5,7,15H,6H2,1H3/t7-/m1/s1. The Kier molecular flexibility index (Phi) is 3.99. The van der Waals surface area contributed by atoms with Crippen LogP contribution < -0.4 is 5.32 Å². The number of hydrogen-bond acceptors (Lipinski definition) is 1. The molecule has 1 aromatic carbocycles. The largest absolute Gasteiger partial charge is 0.401 e. The second kappa shape index (κ2) is 4.86. The Labute approximate surface area is 91.2 Å². The molecule has 84 valence electrons. The molecule has 0 fully saturated rings. The van der Waals surface area contributed by atoms with E-state index in [9.17, 15) is 13.2 Å². The molecule has 0 bridgehead atoms. The van der Waals surface area contributed by atoms with Gasteiger partial charge in [0.2, 0.25) is 0 Å². The van der Waals surface area contributed by atoms with Crippen molar-refractivity contribution in [2.24, 2.45) is 0 Å². The van der Waals surface area contributed by atoms with Crippen molar-refractivity contribution < 1.29 is 13.2 Å². The van der Waals surface area contributed by atoms with Crippen LogP contribution in [-0.2, 0) is 0 Å². The quantitative estimate of drug-likeness (QED) is 0.848. The van der Waals surface area contributed by atoms with Crippen LogP contribution in [0, 0.1) is 0 Å². The van der Waals surface area contributed by atoms with Crippen LogP contribution in [0.5, 0.6) is 0 Å². The molecule has 0 unspecified atom stereocenters. The Morgan fingerprint density at radius 3 is 2.60 bits per heavy atom. The third-order valence-corrected chi connectivity index (χ3v) is 2.19. The molecule has 0 amide bonds. The first-order valence-corrected chi connectivity index (χ1v) is 4.82. The molecule has 1 N–H and O–H groups in total. The summed E-state index contributed by atoms with van der Waals surface area (Å²) in [6, 6.07) is 6.41. The van der Waals surface area contributed by atoms with Gasteiger partial charge in [0.25, 0.3) is 0 Å². The van der Waals surface area contributed by atoms with Gasteiger partial charge in [-0.3, -0.25) is 0 Å². The van der Waals surface area contributed by atoms with Crippen LogP contribution in [0.15, 0.2) is 24.3 Å². The predicted octanol–water partition coefficient (Wildman–Crippen LogP) is 3.55. The summed E-state index contributed by atoms with van der Waals surface area (Å²) in [7, 11) is 0. The van der Waals surface area contributed by atoms with Crippen LogP contribution in [0.1, 0.15) is 18.5 Å². The smallest absolute Gasteiger partial charge is 0.302 e. The first-order valence-electron chi connectivity index (χ1n) is 4.44. The molecule has 0 aliphatic heterocycles. The van der Waals surface area contributed by atoms with E-state index < -0.39 is 12.7 Å². The number of hydrogen-bond donors (Lipinski definition) is 1. The second-order valence-corrected chi connectivity index (χ2v) is 3.71. The molecule has 0 aliphatic rings. The second-order valence-electron chi connectivity index (χ2n) is 3.27. The maximum Gasteiger partial charge on any atom is 0.401 e. The Morgan fingerprint density at radius 1 is 1.40 bits per heavy atom. The minimum absolute atomic E-state index is 0.370. The van der Waals surface area contributed by atoms with Crippen molar-refractivity contribution in [3.63, 3.8) is 0 Å². The van der Waals surface area contributed by atoms with Crippen molar-refractivity contribution in [3.05, 3.63) is 34.9 Å². The SMILES string of the molecule is C[C@@H](NCC(F)(F)F)c1cccc(Cl)c1. The van der Waals surface area contributed by atoms with Crippen LogP contribution in [0.25, 0.3) is 0 Å². The van der Waals surface area contributed by atoms with Crippen molar-refractivity contribution >= 4 is 11.6 Å². The molecule has 1 nitrogen and oxygen atoms in total. The third-order valence-electron chi connectivity index (χ3n) is 1.96. The summed E-state index contributed by atoms with van der Waals surface area (Å²) < 4.78 is 35.8. The van der Waals surface area contributed by atoms with Crippen molar-refractivity contribution in [2.75, 3.05) is 6.54 Å². The molecule has 0 aromatic heterocycles. The van der Waals surface area contributed by atoms with Gasteiger partial charge in [0, 0.05) is 11.1 Å². The lowest BCUT2D eigenvalue weighted by Crippen LogP contribution is -2.30. The van der Waals surface area contributed by atoms with Crippen LogP contribution >= 0.6 is 11.6 Å². The summed E-state index contributed by atoms with van der Waals surface area (Å²) in [5.74, 6) is 0. The van der Waals surface area contributed by atoms with Gasteiger partial charge >= 0.3 is 6.18 Å². The monoisotopic (exact) mass is 237 g/mol. The average Bonchev–Trinajstić information content (AvgIpc) is 2.13. The third kappa shape index (κ3) is 4.53. The zero-order chi connectivity index (χ0) is 11.5. The Morgan fingerprint density at radius 2 is 2.07 bits per heavy atom. The van der Waals surface area contributed by atoms with Crippen LogP contribution in [-0.4, -0.2) is 12.7 Å². The molecular weight excluding hydrogens is 227 g/mol. The van der Waals surface area contributed by atoms with E-state index in [1.54, 1.807) is 31.2 Å². The molecular formula is C10H11ClF3N. The first-order chi connectivity index (χ1) is 6.88. The lowest BCUT2D eigenvalue weighted by Gasteiger charge is -2.15. The van der Waals surface area contributed by atoms with Gasteiger partial charge in [0.1, 0.15) is 0 Å². The highest BCUT2D eigenvalue weighted by Gasteiger charge is 2.27. The highest BCUT2D eigenvalue weighted by atomic mass is 35.5. The predicted molar refractivity (Wildman–Crippen MR) is 53.9 cm³/mol. The molecule has 5 heteroatoms. The highest BCUT2D eigenvalue weighted by Crippen LogP contribution is 2.19. The summed E-state index contributed by atoms with van der Waals surface area (Å²) in [6.07, 6.45) is -4.19. The van der Waals surface area contributed by atoms with E-state index in [1.165, 1.54) is 0 Å². The normalized spacial score (nSPS) is 13.9. The fourth-order valence-corrected chi connectivity index (χ4v) is 1.36. The van der Waals surface area contributed by atoms with E-state index in [-0.39, 0.29) is 6.04 Å². The molecule has 1 rings (SSSR count). The lowest BCUT2D eigenvalue weighted by atomic mass is 10.1. The maximum atomic E-state index is 11.9. The fourth-order valence-electron chi connectivity index (χ4n) is 1.16. The van der Waals surface area contributed by atoms with E-state index in [2.05, 4.69) is 5.32 Å². The van der Waals surface area contributed by atoms with Crippen molar-refractivity contribution in [1.82, 2.24) is 5.32 Å². The molecule has 0 radical (unpaired) electrons. The minimum atomic E-state index is -4.19. The van der Waals surface area contributed by atoms with E-state index in [0.717, 1.165) is 5.56 Å². The molecule has 0 spiro atoms. The van der Waals surface area contributed by atoms with E-state index in [4.69, 9.17) is 11.6 Å². The van der Waals surface area contributed by atoms with E-state index in [1.807, 2.05) is 0 Å². The van der Waals surface area contributed by atoms with Crippen LogP contribution in [0.2, 0.25) is 5.02 Å². The van der Waals surface area contributed by atoms with Crippen LogP contribution in [0.3, 0.4) is 0 Å². The summed E-state index contributed by atoms with van der Waals surface area (Å²) in [6.45, 7) is 0.665. The molecule has 1 atom stereocenters. The minimum Gasteiger partial charge on any atom is -0.302 e. The maximum absolute atomic E-state index is 11.9.